The number of Topliss-reactive ketones (excluding diaryl/α,β-unsaturated/α-hetero) is 1. The van der Waals surface area contributed by atoms with E-state index in [4.69, 9.17) is 4.74 Å². The summed E-state index contributed by atoms with van der Waals surface area (Å²) in [5.41, 5.74) is 6.54. The highest BCUT2D eigenvalue weighted by atomic mass is 32.2. The van der Waals surface area contributed by atoms with Gasteiger partial charge in [-0.05, 0) is 105 Å². The summed E-state index contributed by atoms with van der Waals surface area (Å²) >= 11 is 0. The van der Waals surface area contributed by atoms with E-state index in [1.807, 2.05) is 24.3 Å². The van der Waals surface area contributed by atoms with Crippen molar-refractivity contribution in [3.05, 3.63) is 93.3 Å². The van der Waals surface area contributed by atoms with Gasteiger partial charge in [-0.3, -0.25) is 19.8 Å². The molecule has 324 valence electrons. The molecule has 10 rings (SSSR count). The van der Waals surface area contributed by atoms with Crippen molar-refractivity contribution in [2.45, 2.75) is 108 Å². The van der Waals surface area contributed by atoms with Crippen molar-refractivity contribution < 1.29 is 22.9 Å². The Labute approximate surface area is 359 Å². The first-order chi connectivity index (χ1) is 29.2. The molecule has 2 aromatic heterocycles. The highest BCUT2D eigenvalue weighted by Crippen LogP contribution is 2.72. The molecule has 2 N–H and O–H groups in total. The maximum atomic E-state index is 14.1. The fraction of sp³-hybridized carbons (Fsp3) is 0.542. The Morgan fingerprint density at radius 3 is 2.52 bits per heavy atom. The van der Waals surface area contributed by atoms with Crippen molar-refractivity contribution in [1.82, 2.24) is 20.2 Å². The number of carbonyl (C=O) groups excluding carboxylic acids is 1. The number of ketones is 1. The van der Waals surface area contributed by atoms with E-state index in [1.165, 1.54) is 63.9 Å². The predicted molar refractivity (Wildman–Crippen MR) is 238 cm³/mol. The Bertz CT molecular complexity index is 2460. The van der Waals surface area contributed by atoms with E-state index in [9.17, 15) is 23.3 Å². The molecule has 1 saturated heterocycles. The number of nitro groups is 1. The number of pyridine rings is 1. The monoisotopic (exact) mass is 848 g/mol. The van der Waals surface area contributed by atoms with Gasteiger partial charge < -0.3 is 19.9 Å². The van der Waals surface area contributed by atoms with E-state index in [2.05, 4.69) is 46.0 Å². The molecule has 0 unspecified atom stereocenters. The van der Waals surface area contributed by atoms with Crippen LogP contribution in [0.4, 0.5) is 11.4 Å². The molecule has 5 fully saturated rings. The average Bonchev–Trinajstić information content (AvgIpc) is 3.69. The van der Waals surface area contributed by atoms with Crippen LogP contribution in [0, 0.1) is 26.9 Å². The lowest BCUT2D eigenvalue weighted by Gasteiger charge is -2.73. The van der Waals surface area contributed by atoms with Crippen LogP contribution in [0.15, 0.2) is 77.0 Å². The SMILES string of the molecule is CNC12CC(C3=C(CN4CCN(c5ccc(C(=O)CS(=O)(=O)c6ccc(CCC7CCCCC7)c([N+](=O)[O-])c6)c(Oc6cnc7[nH]ccc7c6)c5)CC4)CCC(C)(C)C3)(C1)C2. The fourth-order valence-electron chi connectivity index (χ4n) is 11.3. The third-order valence-electron chi connectivity index (χ3n) is 14.9. The van der Waals surface area contributed by atoms with Gasteiger partial charge in [-0.1, -0.05) is 63.2 Å². The van der Waals surface area contributed by atoms with E-state index in [-0.39, 0.29) is 21.9 Å². The lowest BCUT2D eigenvalue weighted by molar-refractivity contribution is -0.385. The molecule has 2 aromatic carbocycles. The first-order valence-electron chi connectivity index (χ1n) is 22.4. The zero-order valence-electron chi connectivity index (χ0n) is 35.9. The van der Waals surface area contributed by atoms with E-state index in [0.717, 1.165) is 69.1 Å². The number of fused-ring (bicyclic) bond motifs is 1. The molecular formula is C48H60N6O6S. The lowest BCUT2D eigenvalue weighted by atomic mass is 9.35. The number of piperazine rings is 1. The second-order valence-corrected chi connectivity index (χ2v) is 21.7. The number of nitrogens with one attached hydrogen (secondary N) is 2. The van der Waals surface area contributed by atoms with Gasteiger partial charge in [0.2, 0.25) is 0 Å². The Balaban J connectivity index is 0.919. The van der Waals surface area contributed by atoms with Gasteiger partial charge in [0, 0.05) is 73.2 Å². The third kappa shape index (κ3) is 8.49. The van der Waals surface area contributed by atoms with Crippen LogP contribution in [0.2, 0.25) is 0 Å². The Morgan fingerprint density at radius 1 is 1.02 bits per heavy atom. The highest BCUT2D eigenvalue weighted by Gasteiger charge is 2.69. The molecule has 61 heavy (non-hydrogen) atoms. The molecule has 4 saturated carbocycles. The maximum Gasteiger partial charge on any atom is 0.273 e. The van der Waals surface area contributed by atoms with Crippen LogP contribution in [0.25, 0.3) is 11.0 Å². The second-order valence-electron chi connectivity index (χ2n) is 19.7. The molecule has 13 heteroatoms. The largest absolute Gasteiger partial charge is 0.455 e. The summed E-state index contributed by atoms with van der Waals surface area (Å²) in [7, 11) is -2.13. The number of benzene rings is 2. The predicted octanol–water partition coefficient (Wildman–Crippen LogP) is 9.20. The number of carbonyl (C=O) groups is 1. The number of aryl methyl sites for hydroxylation is 1. The Morgan fingerprint density at radius 2 is 1.79 bits per heavy atom. The summed E-state index contributed by atoms with van der Waals surface area (Å²) in [6.07, 6.45) is 18.0. The Kier molecular flexibility index (Phi) is 11.1. The topological polar surface area (TPSA) is 151 Å². The van der Waals surface area contributed by atoms with Crippen molar-refractivity contribution in [2.75, 3.05) is 50.4 Å². The van der Waals surface area contributed by atoms with Crippen molar-refractivity contribution in [2.24, 2.45) is 16.7 Å². The standard InChI is InChI=1S/C48H60N6O6S/c1-46(2)17-15-36(41(26-46)47-30-48(31-47,32-47)49-3)28-52-19-21-53(22-20-52)37-12-14-40(44(24-37)60-38-23-35-16-18-50-45(35)51-27-38)43(55)29-61(58,59)39-13-11-34(42(25-39)54(56)57)10-9-33-7-5-4-6-8-33/h11-14,16,18,23-25,27,33,49H,4-10,15,17,19-22,26,28-32H2,1-3H3,(H,50,51). The average molecular weight is 849 g/mol. The number of hydrogen-bond donors (Lipinski definition) is 2. The number of hydrogen-bond acceptors (Lipinski definition) is 10. The van der Waals surface area contributed by atoms with E-state index >= 15 is 0 Å². The van der Waals surface area contributed by atoms with Crippen LogP contribution in [-0.2, 0) is 16.3 Å². The number of aromatic nitrogens is 2. The normalized spacial score (nSPS) is 24.3. The fourth-order valence-corrected chi connectivity index (χ4v) is 12.5. The van der Waals surface area contributed by atoms with Crippen LogP contribution in [-0.4, -0.2) is 85.1 Å². The van der Waals surface area contributed by atoms with Gasteiger partial charge in [0.25, 0.3) is 5.69 Å². The molecule has 6 aliphatic rings. The lowest BCUT2D eigenvalue weighted by Crippen LogP contribution is -2.74. The van der Waals surface area contributed by atoms with E-state index in [0.29, 0.717) is 45.7 Å². The maximum absolute atomic E-state index is 14.1. The molecule has 12 nitrogen and oxygen atoms in total. The van der Waals surface area contributed by atoms with Gasteiger partial charge in [0.1, 0.15) is 22.9 Å². The molecule has 0 amide bonds. The molecule has 5 aliphatic carbocycles. The molecule has 2 bridgehead atoms. The number of sulfone groups is 1. The minimum atomic E-state index is -4.24. The molecular weight excluding hydrogens is 789 g/mol. The van der Waals surface area contributed by atoms with Crippen LogP contribution in [0.5, 0.6) is 11.5 Å². The highest BCUT2D eigenvalue weighted by molar-refractivity contribution is 7.92. The van der Waals surface area contributed by atoms with Gasteiger partial charge in [-0.15, -0.1) is 0 Å². The van der Waals surface area contributed by atoms with Crippen molar-refractivity contribution in [3.63, 3.8) is 0 Å². The van der Waals surface area contributed by atoms with Crippen LogP contribution in [0.1, 0.15) is 107 Å². The van der Waals surface area contributed by atoms with Crippen LogP contribution in [0.3, 0.4) is 0 Å². The summed E-state index contributed by atoms with van der Waals surface area (Å²) in [6.45, 7) is 9.29. The molecule has 0 spiro atoms. The van der Waals surface area contributed by atoms with Crippen LogP contribution < -0.4 is 15.0 Å². The van der Waals surface area contributed by atoms with Gasteiger partial charge in [-0.25, -0.2) is 13.4 Å². The Hall–Kier alpha value is -4.59. The summed E-state index contributed by atoms with van der Waals surface area (Å²) in [4.78, 5) is 37.9. The molecule has 0 radical (unpaired) electrons. The summed E-state index contributed by atoms with van der Waals surface area (Å²) in [6, 6.07) is 13.1. The van der Waals surface area contributed by atoms with Crippen molar-refractivity contribution in [3.8, 4) is 11.5 Å². The van der Waals surface area contributed by atoms with E-state index in [1.54, 1.807) is 35.7 Å². The zero-order chi connectivity index (χ0) is 42.6. The van der Waals surface area contributed by atoms with Crippen LogP contribution >= 0.6 is 0 Å². The summed E-state index contributed by atoms with van der Waals surface area (Å²) in [5.74, 6) is -0.342. The van der Waals surface area contributed by atoms with Gasteiger partial charge >= 0.3 is 0 Å². The third-order valence-corrected chi connectivity index (χ3v) is 16.5. The number of nitro benzene ring substituents is 1. The minimum absolute atomic E-state index is 0.118. The van der Waals surface area contributed by atoms with Gasteiger partial charge in [0.15, 0.2) is 15.6 Å². The second kappa shape index (κ2) is 16.3. The van der Waals surface area contributed by atoms with Gasteiger partial charge in [0.05, 0.1) is 21.6 Å². The van der Waals surface area contributed by atoms with Crippen molar-refractivity contribution >= 4 is 38.0 Å². The number of anilines is 1. The number of aromatic amines is 1. The summed E-state index contributed by atoms with van der Waals surface area (Å²) in [5, 5.41) is 16.6. The number of H-pyrrole nitrogens is 1. The van der Waals surface area contributed by atoms with E-state index < -0.39 is 26.3 Å². The smallest absolute Gasteiger partial charge is 0.273 e. The molecule has 3 heterocycles. The van der Waals surface area contributed by atoms with Gasteiger partial charge in [-0.2, -0.15) is 0 Å². The molecule has 4 aromatic rings. The molecule has 1 aliphatic heterocycles. The zero-order valence-corrected chi connectivity index (χ0v) is 36.7. The number of nitrogens with zero attached hydrogens (tertiary/aromatic N) is 4. The van der Waals surface area contributed by atoms with Crippen molar-refractivity contribution in [1.29, 1.82) is 0 Å². The number of ether oxygens (including phenoxy) is 1. The quantitative estimate of drug-likeness (QED) is 0.0513. The molecule has 0 atom stereocenters. The minimum Gasteiger partial charge on any atom is -0.455 e. The number of rotatable bonds is 15. The first-order valence-corrected chi connectivity index (χ1v) is 24.0. The first kappa shape index (κ1) is 41.7. The number of allylic oxidation sites excluding steroid dienone is 1. The summed E-state index contributed by atoms with van der Waals surface area (Å²) < 4.78 is 34.0.